The quantitative estimate of drug-likeness (QED) is 0.606. The van der Waals surface area contributed by atoms with Gasteiger partial charge in [0.1, 0.15) is 0 Å². The van der Waals surface area contributed by atoms with E-state index >= 15 is 0 Å². The molecule has 0 radical (unpaired) electrons. The lowest BCUT2D eigenvalue weighted by molar-refractivity contribution is -0.138. The van der Waals surface area contributed by atoms with Gasteiger partial charge in [-0.2, -0.15) is 0 Å². The first-order valence-electron chi connectivity index (χ1n) is 5.58. The molecule has 0 aromatic rings. The lowest BCUT2D eigenvalue weighted by Crippen LogP contribution is -2.04. The van der Waals surface area contributed by atoms with Crippen molar-refractivity contribution >= 4 is 18.4 Å². The van der Waals surface area contributed by atoms with Crippen LogP contribution < -0.4 is 5.73 Å². The smallest absolute Gasteiger partial charge is 0.303 e. The van der Waals surface area contributed by atoms with Crippen LogP contribution in [0.15, 0.2) is 0 Å². The molecule has 0 heterocycles. The van der Waals surface area contributed by atoms with Crippen LogP contribution in [-0.2, 0) is 4.79 Å². The number of halogens is 1. The van der Waals surface area contributed by atoms with E-state index in [1.807, 2.05) is 6.92 Å². The Labute approximate surface area is 98.8 Å². The molecule has 92 valence electrons. The van der Waals surface area contributed by atoms with Gasteiger partial charge in [0.2, 0.25) is 0 Å². The van der Waals surface area contributed by atoms with Crippen LogP contribution in [0.5, 0.6) is 0 Å². The van der Waals surface area contributed by atoms with Crippen LogP contribution in [0.4, 0.5) is 0 Å². The molecule has 0 fully saturated rings. The van der Waals surface area contributed by atoms with Crippen molar-refractivity contribution in [2.24, 2.45) is 11.7 Å². The molecule has 0 saturated heterocycles. The highest BCUT2D eigenvalue weighted by Crippen LogP contribution is 2.13. The van der Waals surface area contributed by atoms with E-state index in [9.17, 15) is 4.79 Å². The van der Waals surface area contributed by atoms with Gasteiger partial charge in [-0.1, -0.05) is 39.0 Å². The molecular weight excluding hydrogens is 214 g/mol. The number of carboxylic acids is 1. The number of nitrogens with two attached hydrogens (primary N) is 1. The van der Waals surface area contributed by atoms with E-state index in [0.717, 1.165) is 25.8 Å². The zero-order chi connectivity index (χ0) is 10.8. The summed E-state index contributed by atoms with van der Waals surface area (Å²) >= 11 is 0. The van der Waals surface area contributed by atoms with Gasteiger partial charge in [0, 0.05) is 6.42 Å². The lowest BCUT2D eigenvalue weighted by atomic mass is 9.99. The lowest BCUT2D eigenvalue weighted by Gasteiger charge is -2.07. The van der Waals surface area contributed by atoms with Gasteiger partial charge in [0.05, 0.1) is 0 Å². The first-order valence-corrected chi connectivity index (χ1v) is 5.58. The molecule has 0 aromatic carbocycles. The fourth-order valence-electron chi connectivity index (χ4n) is 1.57. The second-order valence-corrected chi connectivity index (χ2v) is 4.05. The minimum absolute atomic E-state index is 0. The summed E-state index contributed by atoms with van der Waals surface area (Å²) in [6.45, 7) is 2.80. The minimum atomic E-state index is -0.680. The summed E-state index contributed by atoms with van der Waals surface area (Å²) in [6.07, 6.45) is 7.27. The molecule has 15 heavy (non-hydrogen) atoms. The Kier molecular flexibility index (Phi) is 13.5. The topological polar surface area (TPSA) is 63.3 Å². The van der Waals surface area contributed by atoms with Crippen LogP contribution >= 0.6 is 12.4 Å². The summed E-state index contributed by atoms with van der Waals surface area (Å²) < 4.78 is 0. The molecule has 0 amide bonds. The molecule has 0 aliphatic rings. The summed E-state index contributed by atoms with van der Waals surface area (Å²) in [5.41, 5.74) is 5.38. The Bertz CT molecular complexity index is 154. The van der Waals surface area contributed by atoms with Crippen molar-refractivity contribution in [1.29, 1.82) is 0 Å². The predicted octanol–water partition coefficient (Wildman–Crippen LogP) is 2.82. The van der Waals surface area contributed by atoms with Crippen LogP contribution in [0.2, 0.25) is 0 Å². The summed E-state index contributed by atoms with van der Waals surface area (Å²) in [5, 5.41) is 8.54. The van der Waals surface area contributed by atoms with E-state index in [2.05, 4.69) is 0 Å². The van der Waals surface area contributed by atoms with Gasteiger partial charge < -0.3 is 10.8 Å². The van der Waals surface area contributed by atoms with Gasteiger partial charge in [-0.15, -0.1) is 12.4 Å². The third-order valence-corrected chi connectivity index (χ3v) is 2.42. The van der Waals surface area contributed by atoms with E-state index in [-0.39, 0.29) is 12.4 Å². The molecule has 0 aliphatic carbocycles. The van der Waals surface area contributed by atoms with E-state index in [4.69, 9.17) is 10.8 Å². The average molecular weight is 238 g/mol. The summed E-state index contributed by atoms with van der Waals surface area (Å²) in [7, 11) is 0. The van der Waals surface area contributed by atoms with Crippen molar-refractivity contribution in [1.82, 2.24) is 0 Å². The van der Waals surface area contributed by atoms with Crippen molar-refractivity contribution in [3.05, 3.63) is 0 Å². The fourth-order valence-corrected chi connectivity index (χ4v) is 1.57. The van der Waals surface area contributed by atoms with Crippen molar-refractivity contribution in [2.45, 2.75) is 51.9 Å². The van der Waals surface area contributed by atoms with Crippen molar-refractivity contribution in [3.8, 4) is 0 Å². The fraction of sp³-hybridized carbons (Fsp3) is 0.909. The van der Waals surface area contributed by atoms with E-state index in [0.29, 0.717) is 12.3 Å². The van der Waals surface area contributed by atoms with Crippen LogP contribution in [0.1, 0.15) is 51.9 Å². The molecule has 3 nitrogen and oxygen atoms in total. The van der Waals surface area contributed by atoms with Gasteiger partial charge >= 0.3 is 5.97 Å². The van der Waals surface area contributed by atoms with Crippen LogP contribution in [-0.4, -0.2) is 17.6 Å². The molecule has 0 bridgehead atoms. The van der Waals surface area contributed by atoms with Gasteiger partial charge in [-0.05, 0) is 18.9 Å². The number of aliphatic carboxylic acids is 1. The summed E-state index contributed by atoms with van der Waals surface area (Å²) in [5.74, 6) is -0.359. The van der Waals surface area contributed by atoms with Crippen LogP contribution in [0.3, 0.4) is 0 Å². The van der Waals surface area contributed by atoms with E-state index in [1.165, 1.54) is 19.3 Å². The zero-order valence-corrected chi connectivity index (χ0v) is 10.4. The Morgan fingerprint density at radius 3 is 2.27 bits per heavy atom. The van der Waals surface area contributed by atoms with Gasteiger partial charge in [0.25, 0.3) is 0 Å². The molecular formula is C11H24ClNO2. The average Bonchev–Trinajstić information content (AvgIpc) is 2.10. The molecule has 4 heteroatoms. The second-order valence-electron chi connectivity index (χ2n) is 4.05. The first-order chi connectivity index (χ1) is 6.66. The molecule has 3 N–H and O–H groups in total. The minimum Gasteiger partial charge on any atom is -0.481 e. The first kappa shape index (κ1) is 17.1. The monoisotopic (exact) mass is 237 g/mol. The molecule has 0 rings (SSSR count). The van der Waals surface area contributed by atoms with Crippen molar-refractivity contribution < 1.29 is 9.90 Å². The summed E-state index contributed by atoms with van der Waals surface area (Å²) in [4.78, 5) is 10.4. The largest absolute Gasteiger partial charge is 0.481 e. The maximum absolute atomic E-state index is 10.4. The maximum Gasteiger partial charge on any atom is 0.303 e. The molecule has 1 atom stereocenters. The number of carbonyl (C=O) groups is 1. The standard InChI is InChI=1S/C11H23NO2.ClH/c1-10(9-11(13)14)7-5-3-2-4-6-8-12;/h10H,2-9,12H2,1H3,(H,13,14);1H. The molecule has 0 aliphatic heterocycles. The van der Waals surface area contributed by atoms with Gasteiger partial charge in [-0.25, -0.2) is 0 Å². The van der Waals surface area contributed by atoms with Gasteiger partial charge in [-0.3, -0.25) is 4.79 Å². The Hall–Kier alpha value is -0.280. The number of unbranched alkanes of at least 4 members (excludes halogenated alkanes) is 4. The van der Waals surface area contributed by atoms with Crippen LogP contribution in [0.25, 0.3) is 0 Å². The van der Waals surface area contributed by atoms with Crippen molar-refractivity contribution in [3.63, 3.8) is 0 Å². The Morgan fingerprint density at radius 1 is 1.20 bits per heavy atom. The number of rotatable bonds is 9. The van der Waals surface area contributed by atoms with Crippen LogP contribution in [0, 0.1) is 5.92 Å². The Balaban J connectivity index is 0. The molecule has 1 unspecified atom stereocenters. The number of hydrogen-bond acceptors (Lipinski definition) is 2. The maximum atomic E-state index is 10.4. The highest BCUT2D eigenvalue weighted by molar-refractivity contribution is 5.85. The predicted molar refractivity (Wildman–Crippen MR) is 65.4 cm³/mol. The normalized spacial score (nSPS) is 11.9. The zero-order valence-electron chi connectivity index (χ0n) is 9.58. The van der Waals surface area contributed by atoms with E-state index in [1.54, 1.807) is 0 Å². The molecule has 0 spiro atoms. The highest BCUT2D eigenvalue weighted by Gasteiger charge is 2.06. The summed E-state index contributed by atoms with van der Waals surface area (Å²) in [6, 6.07) is 0. The number of hydrogen-bond donors (Lipinski definition) is 2. The third-order valence-electron chi connectivity index (χ3n) is 2.42. The third kappa shape index (κ3) is 13.7. The highest BCUT2D eigenvalue weighted by atomic mass is 35.5. The second kappa shape index (κ2) is 11.8. The van der Waals surface area contributed by atoms with Crippen molar-refractivity contribution in [2.75, 3.05) is 6.54 Å². The Morgan fingerprint density at radius 2 is 1.73 bits per heavy atom. The molecule has 0 aromatic heterocycles. The van der Waals surface area contributed by atoms with Gasteiger partial charge in [0.15, 0.2) is 0 Å². The van der Waals surface area contributed by atoms with E-state index < -0.39 is 5.97 Å². The molecule has 0 saturated carbocycles. The SMILES string of the molecule is CC(CCCCCCCN)CC(=O)O.Cl. The number of carboxylic acid groups (broad SMARTS) is 1.